The fourth-order valence-electron chi connectivity index (χ4n) is 3.73. The molecule has 6 heteroatoms. The van der Waals surface area contributed by atoms with Gasteiger partial charge in [-0.3, -0.25) is 9.78 Å². The average molecular weight is 445 g/mol. The minimum absolute atomic E-state index is 0.0255. The van der Waals surface area contributed by atoms with Crippen LogP contribution in [0.5, 0.6) is 0 Å². The van der Waals surface area contributed by atoms with Crippen LogP contribution < -0.4 is 5.32 Å². The lowest BCUT2D eigenvalue weighted by atomic mass is 9.92. The molecule has 1 aromatic carbocycles. The highest BCUT2D eigenvalue weighted by molar-refractivity contribution is 9.10. The van der Waals surface area contributed by atoms with E-state index in [1.807, 2.05) is 50.6 Å². The van der Waals surface area contributed by atoms with Crippen molar-refractivity contribution in [2.45, 2.75) is 25.3 Å². The van der Waals surface area contributed by atoms with Crippen molar-refractivity contribution in [3.63, 3.8) is 0 Å². The molecule has 0 bridgehead atoms. The molecule has 0 spiro atoms. The Balaban J connectivity index is 1.60. The van der Waals surface area contributed by atoms with Gasteiger partial charge in [-0.1, -0.05) is 22.0 Å². The molecule has 2 heterocycles. The predicted molar refractivity (Wildman–Crippen MR) is 117 cm³/mol. The molecule has 1 N–H and O–H groups in total. The van der Waals surface area contributed by atoms with Crippen molar-refractivity contribution in [3.8, 4) is 0 Å². The van der Waals surface area contributed by atoms with Gasteiger partial charge in [0.25, 0.3) is 5.91 Å². The standard InChI is InChI=1S/C22H29BrN4O/c1-24-10-13-27-11-7-18(8-12-27)21-14-17(6-9-25-21)16-26(2)22(28)19-4-3-5-20(23)15-19/h3-6,9,14-15,18,24H,7-8,10-13,16H2,1-2H3. The van der Waals surface area contributed by atoms with Crippen molar-refractivity contribution in [2.24, 2.45) is 0 Å². The topological polar surface area (TPSA) is 48.5 Å². The van der Waals surface area contributed by atoms with Gasteiger partial charge < -0.3 is 15.1 Å². The lowest BCUT2D eigenvalue weighted by Gasteiger charge is -2.31. The van der Waals surface area contributed by atoms with Gasteiger partial charge in [0.1, 0.15) is 0 Å². The zero-order chi connectivity index (χ0) is 19.9. The zero-order valence-electron chi connectivity index (χ0n) is 16.7. The van der Waals surface area contributed by atoms with Gasteiger partial charge >= 0.3 is 0 Å². The number of pyridine rings is 1. The van der Waals surface area contributed by atoms with Gasteiger partial charge in [0.15, 0.2) is 0 Å². The van der Waals surface area contributed by atoms with Crippen molar-refractivity contribution < 1.29 is 4.79 Å². The number of likely N-dealkylation sites (N-methyl/N-ethyl adjacent to an activating group) is 1. The molecule has 1 fully saturated rings. The van der Waals surface area contributed by atoms with Gasteiger partial charge in [-0.05, 0) is 68.9 Å². The second kappa shape index (κ2) is 10.1. The molecule has 1 aromatic heterocycles. The van der Waals surface area contributed by atoms with Crippen LogP contribution in [-0.4, -0.2) is 61.0 Å². The molecule has 2 aromatic rings. The fourth-order valence-corrected chi connectivity index (χ4v) is 4.13. The van der Waals surface area contributed by atoms with E-state index in [0.717, 1.165) is 54.8 Å². The van der Waals surface area contributed by atoms with E-state index < -0.39 is 0 Å². The number of benzene rings is 1. The van der Waals surface area contributed by atoms with E-state index in [-0.39, 0.29) is 5.91 Å². The average Bonchev–Trinajstić information content (AvgIpc) is 2.72. The summed E-state index contributed by atoms with van der Waals surface area (Å²) >= 11 is 3.43. The summed E-state index contributed by atoms with van der Waals surface area (Å²) in [7, 11) is 3.85. The van der Waals surface area contributed by atoms with Crippen LogP contribution in [0.15, 0.2) is 47.1 Å². The number of halogens is 1. The Kier molecular flexibility index (Phi) is 7.59. The highest BCUT2D eigenvalue weighted by Crippen LogP contribution is 2.27. The fraction of sp³-hybridized carbons (Fsp3) is 0.455. The molecule has 1 saturated heterocycles. The second-order valence-electron chi connectivity index (χ2n) is 7.48. The minimum atomic E-state index is 0.0255. The van der Waals surface area contributed by atoms with E-state index in [1.165, 1.54) is 0 Å². The van der Waals surface area contributed by atoms with Crippen molar-refractivity contribution in [3.05, 3.63) is 63.9 Å². The molecule has 0 unspecified atom stereocenters. The van der Waals surface area contributed by atoms with Gasteiger partial charge in [0.2, 0.25) is 0 Å². The highest BCUT2D eigenvalue weighted by Gasteiger charge is 2.21. The maximum Gasteiger partial charge on any atom is 0.253 e. The molecule has 28 heavy (non-hydrogen) atoms. The molecule has 3 rings (SSSR count). The largest absolute Gasteiger partial charge is 0.337 e. The quantitative estimate of drug-likeness (QED) is 0.709. The number of nitrogens with one attached hydrogen (secondary N) is 1. The van der Waals surface area contributed by atoms with Crippen LogP contribution in [0.25, 0.3) is 0 Å². The first-order valence-corrected chi connectivity index (χ1v) is 10.7. The lowest BCUT2D eigenvalue weighted by Crippen LogP contribution is -2.37. The van der Waals surface area contributed by atoms with E-state index in [2.05, 4.69) is 37.2 Å². The first-order valence-electron chi connectivity index (χ1n) is 9.89. The van der Waals surface area contributed by atoms with Crippen LogP contribution in [-0.2, 0) is 6.54 Å². The third-order valence-electron chi connectivity index (χ3n) is 5.37. The second-order valence-corrected chi connectivity index (χ2v) is 8.40. The van der Waals surface area contributed by atoms with Gasteiger partial charge in [-0.2, -0.15) is 0 Å². The summed E-state index contributed by atoms with van der Waals surface area (Å²) in [6.45, 7) is 4.98. The Labute approximate surface area is 176 Å². The van der Waals surface area contributed by atoms with E-state index in [1.54, 1.807) is 4.90 Å². The zero-order valence-corrected chi connectivity index (χ0v) is 18.3. The number of carbonyl (C=O) groups excluding carboxylic acids is 1. The Hall–Kier alpha value is -1.76. The first-order chi connectivity index (χ1) is 13.6. The molecule has 0 aliphatic carbocycles. The van der Waals surface area contributed by atoms with Gasteiger partial charge in [0.05, 0.1) is 0 Å². The van der Waals surface area contributed by atoms with Crippen LogP contribution in [0, 0.1) is 0 Å². The molecule has 0 atom stereocenters. The Bertz CT molecular complexity index is 790. The van der Waals surface area contributed by atoms with Crippen LogP contribution >= 0.6 is 15.9 Å². The highest BCUT2D eigenvalue weighted by atomic mass is 79.9. The number of hydrogen-bond donors (Lipinski definition) is 1. The minimum Gasteiger partial charge on any atom is -0.337 e. The molecular weight excluding hydrogens is 416 g/mol. The Morgan fingerprint density at radius 2 is 2.07 bits per heavy atom. The number of amides is 1. The summed E-state index contributed by atoms with van der Waals surface area (Å²) in [5.74, 6) is 0.536. The number of hydrogen-bond acceptors (Lipinski definition) is 4. The number of nitrogens with zero attached hydrogens (tertiary/aromatic N) is 3. The van der Waals surface area contributed by atoms with Crippen LogP contribution in [0.3, 0.4) is 0 Å². The van der Waals surface area contributed by atoms with Crippen LogP contribution in [0.2, 0.25) is 0 Å². The normalized spacial score (nSPS) is 15.5. The first kappa shape index (κ1) is 21.0. The Morgan fingerprint density at radius 1 is 1.29 bits per heavy atom. The number of aromatic nitrogens is 1. The van der Waals surface area contributed by atoms with E-state index in [9.17, 15) is 4.79 Å². The third kappa shape index (κ3) is 5.63. The number of likely N-dealkylation sites (tertiary alicyclic amines) is 1. The number of rotatable bonds is 7. The summed E-state index contributed by atoms with van der Waals surface area (Å²) in [6, 6.07) is 11.7. The van der Waals surface area contributed by atoms with Crippen LogP contribution in [0.1, 0.15) is 40.4 Å². The summed E-state index contributed by atoms with van der Waals surface area (Å²) in [6.07, 6.45) is 4.18. The molecule has 0 saturated carbocycles. The summed E-state index contributed by atoms with van der Waals surface area (Å²) in [4.78, 5) is 21.6. The molecule has 1 aliphatic rings. The monoisotopic (exact) mass is 444 g/mol. The van der Waals surface area contributed by atoms with Gasteiger partial charge in [0, 0.05) is 54.5 Å². The van der Waals surface area contributed by atoms with E-state index in [0.29, 0.717) is 18.0 Å². The van der Waals surface area contributed by atoms with Crippen LogP contribution in [0.4, 0.5) is 0 Å². The maximum atomic E-state index is 12.7. The summed E-state index contributed by atoms with van der Waals surface area (Å²) in [5.41, 5.74) is 2.99. The summed E-state index contributed by atoms with van der Waals surface area (Å²) in [5, 5.41) is 3.22. The molecule has 0 radical (unpaired) electrons. The molecule has 1 aliphatic heterocycles. The van der Waals surface area contributed by atoms with Gasteiger partial charge in [-0.15, -0.1) is 0 Å². The summed E-state index contributed by atoms with van der Waals surface area (Å²) < 4.78 is 0.916. The lowest BCUT2D eigenvalue weighted by molar-refractivity contribution is 0.0785. The van der Waals surface area contributed by atoms with Gasteiger partial charge in [-0.25, -0.2) is 0 Å². The third-order valence-corrected chi connectivity index (χ3v) is 5.86. The molecule has 5 nitrogen and oxygen atoms in total. The SMILES string of the molecule is CNCCN1CCC(c2cc(CN(C)C(=O)c3cccc(Br)c3)ccn2)CC1. The number of piperidine rings is 1. The smallest absolute Gasteiger partial charge is 0.253 e. The number of carbonyl (C=O) groups is 1. The van der Waals surface area contributed by atoms with Crippen molar-refractivity contribution in [1.82, 2.24) is 20.1 Å². The Morgan fingerprint density at radius 3 is 2.79 bits per heavy atom. The predicted octanol–water partition coefficient (Wildman–Crippen LogP) is 3.52. The molecule has 150 valence electrons. The van der Waals surface area contributed by atoms with Crippen molar-refractivity contribution in [2.75, 3.05) is 40.3 Å². The molecule has 1 amide bonds. The van der Waals surface area contributed by atoms with E-state index >= 15 is 0 Å². The van der Waals surface area contributed by atoms with Crippen molar-refractivity contribution in [1.29, 1.82) is 0 Å². The van der Waals surface area contributed by atoms with Crippen molar-refractivity contribution >= 4 is 21.8 Å². The molecular formula is C22H29BrN4O. The van der Waals surface area contributed by atoms with E-state index in [4.69, 9.17) is 0 Å². The maximum absolute atomic E-state index is 12.7.